The minimum absolute atomic E-state index is 0.0139. The number of nitro benzene ring substituents is 3. The standard InChI is InChI=1S/C28H27N7O8/c36-27(31-13-9-29(10-14-31)22-1-5-24(6-2-22)33(38)39)20-17-21(19-26(18-20)35(42)43)28(37)32-15-11-30(12-16-32)23-3-7-25(8-4-23)34(40)41/h1-8,17-19H,9-16H2. The number of hydrogen-bond donors (Lipinski definition) is 0. The molecule has 15 heteroatoms. The van der Waals surface area contributed by atoms with E-state index in [4.69, 9.17) is 0 Å². The van der Waals surface area contributed by atoms with E-state index < -0.39 is 26.6 Å². The Morgan fingerprint density at radius 1 is 0.488 bits per heavy atom. The Hall–Kier alpha value is -5.60. The molecule has 0 atom stereocenters. The molecule has 0 saturated carbocycles. The van der Waals surface area contributed by atoms with Gasteiger partial charge in [-0.15, -0.1) is 0 Å². The molecule has 222 valence electrons. The fourth-order valence-corrected chi connectivity index (χ4v) is 5.23. The Morgan fingerprint density at radius 2 is 0.814 bits per heavy atom. The van der Waals surface area contributed by atoms with Crippen LogP contribution in [0.15, 0.2) is 66.7 Å². The zero-order chi connectivity index (χ0) is 30.7. The molecular weight excluding hydrogens is 562 g/mol. The van der Waals surface area contributed by atoms with Crippen molar-refractivity contribution < 1.29 is 24.4 Å². The highest BCUT2D eigenvalue weighted by Crippen LogP contribution is 2.25. The summed E-state index contributed by atoms with van der Waals surface area (Å²) < 4.78 is 0. The van der Waals surface area contributed by atoms with Crippen molar-refractivity contribution in [2.45, 2.75) is 0 Å². The number of nitro groups is 3. The third-order valence-corrected chi connectivity index (χ3v) is 7.61. The molecule has 2 fully saturated rings. The van der Waals surface area contributed by atoms with Gasteiger partial charge in [-0.3, -0.25) is 39.9 Å². The predicted molar refractivity (Wildman–Crippen MR) is 156 cm³/mol. The van der Waals surface area contributed by atoms with Crippen LogP contribution in [0.1, 0.15) is 20.7 Å². The number of rotatable bonds is 7. The van der Waals surface area contributed by atoms with Crippen molar-refractivity contribution in [1.29, 1.82) is 0 Å². The molecule has 15 nitrogen and oxygen atoms in total. The van der Waals surface area contributed by atoms with Gasteiger partial charge in [-0.25, -0.2) is 0 Å². The number of carbonyl (C=O) groups is 2. The average Bonchev–Trinajstić information content (AvgIpc) is 3.04. The SMILES string of the molecule is O=C(c1cc(C(=O)N2CCN(c3ccc([N+](=O)[O-])cc3)CC2)cc([N+](=O)[O-])c1)N1CCN(c2ccc([N+](=O)[O-])cc2)CC1. The monoisotopic (exact) mass is 589 g/mol. The Bertz CT molecular complexity index is 1460. The van der Waals surface area contributed by atoms with Gasteiger partial charge in [-0.05, 0) is 30.3 Å². The van der Waals surface area contributed by atoms with E-state index in [1.165, 1.54) is 42.5 Å². The highest BCUT2D eigenvalue weighted by atomic mass is 16.6. The topological polar surface area (TPSA) is 177 Å². The molecule has 2 aliphatic heterocycles. The lowest BCUT2D eigenvalue weighted by Gasteiger charge is -2.36. The van der Waals surface area contributed by atoms with Gasteiger partial charge in [-0.1, -0.05) is 0 Å². The van der Waals surface area contributed by atoms with Crippen LogP contribution in [0.25, 0.3) is 0 Å². The molecule has 3 aromatic rings. The molecule has 0 aromatic heterocycles. The van der Waals surface area contributed by atoms with Crippen LogP contribution in [0.3, 0.4) is 0 Å². The summed E-state index contributed by atoms with van der Waals surface area (Å²) in [6.45, 7) is 3.15. The van der Waals surface area contributed by atoms with Gasteiger partial charge in [-0.2, -0.15) is 0 Å². The van der Waals surface area contributed by atoms with E-state index in [9.17, 15) is 39.9 Å². The minimum atomic E-state index is -0.632. The van der Waals surface area contributed by atoms with Crippen molar-refractivity contribution in [3.05, 3.63) is 108 Å². The number of anilines is 2. The second-order valence-corrected chi connectivity index (χ2v) is 10.1. The Kier molecular flexibility index (Phi) is 8.14. The van der Waals surface area contributed by atoms with Crippen molar-refractivity contribution in [1.82, 2.24) is 9.80 Å². The molecule has 0 unspecified atom stereocenters. The summed E-state index contributed by atoms with van der Waals surface area (Å²) in [5.74, 6) is -0.854. The summed E-state index contributed by atoms with van der Waals surface area (Å²) in [5, 5.41) is 33.5. The van der Waals surface area contributed by atoms with E-state index in [1.54, 1.807) is 34.1 Å². The lowest BCUT2D eigenvalue weighted by molar-refractivity contribution is -0.385. The average molecular weight is 590 g/mol. The zero-order valence-corrected chi connectivity index (χ0v) is 22.9. The first-order chi connectivity index (χ1) is 20.6. The van der Waals surface area contributed by atoms with Crippen molar-refractivity contribution in [2.75, 3.05) is 62.2 Å². The predicted octanol–water partition coefficient (Wildman–Crippen LogP) is 3.34. The van der Waals surface area contributed by atoms with Gasteiger partial charge < -0.3 is 19.6 Å². The summed E-state index contributed by atoms with van der Waals surface area (Å²) in [5.41, 5.74) is 1.28. The normalized spacial score (nSPS) is 15.3. The summed E-state index contributed by atoms with van der Waals surface area (Å²) in [4.78, 5) is 65.9. The number of carbonyl (C=O) groups excluding carboxylic acids is 2. The van der Waals surface area contributed by atoms with E-state index in [-0.39, 0.29) is 28.2 Å². The minimum Gasteiger partial charge on any atom is -0.368 e. The van der Waals surface area contributed by atoms with Crippen LogP contribution < -0.4 is 9.80 Å². The van der Waals surface area contributed by atoms with E-state index in [2.05, 4.69) is 0 Å². The molecule has 2 aliphatic rings. The van der Waals surface area contributed by atoms with Gasteiger partial charge in [0.25, 0.3) is 28.9 Å². The van der Waals surface area contributed by atoms with Crippen LogP contribution in [0, 0.1) is 30.3 Å². The van der Waals surface area contributed by atoms with Gasteiger partial charge >= 0.3 is 0 Å². The molecule has 0 N–H and O–H groups in total. The highest BCUT2D eigenvalue weighted by molar-refractivity contribution is 6.01. The number of non-ortho nitro benzene ring substituents is 3. The fraction of sp³-hybridized carbons (Fsp3) is 0.286. The van der Waals surface area contributed by atoms with Gasteiger partial charge in [0.1, 0.15) is 0 Å². The molecule has 43 heavy (non-hydrogen) atoms. The number of hydrogen-bond acceptors (Lipinski definition) is 10. The molecule has 2 saturated heterocycles. The van der Waals surface area contributed by atoms with Crippen molar-refractivity contribution in [2.24, 2.45) is 0 Å². The van der Waals surface area contributed by atoms with Gasteiger partial charge in [0, 0.05) is 111 Å². The van der Waals surface area contributed by atoms with Crippen LogP contribution in [0.4, 0.5) is 28.4 Å². The number of benzene rings is 3. The summed E-state index contributed by atoms with van der Waals surface area (Å²) >= 11 is 0. The van der Waals surface area contributed by atoms with Gasteiger partial charge in [0.05, 0.1) is 14.8 Å². The first-order valence-electron chi connectivity index (χ1n) is 13.5. The second kappa shape index (κ2) is 12.1. The lowest BCUT2D eigenvalue weighted by Crippen LogP contribution is -2.49. The maximum Gasteiger partial charge on any atom is 0.271 e. The number of amides is 2. The number of piperazine rings is 2. The van der Waals surface area contributed by atoms with Crippen LogP contribution >= 0.6 is 0 Å². The molecule has 5 rings (SSSR count). The molecule has 0 radical (unpaired) electrons. The summed E-state index contributed by atoms with van der Waals surface area (Å²) in [7, 11) is 0. The van der Waals surface area contributed by atoms with Crippen molar-refractivity contribution in [3.8, 4) is 0 Å². The third-order valence-electron chi connectivity index (χ3n) is 7.61. The van der Waals surface area contributed by atoms with Crippen LogP contribution in [-0.4, -0.2) is 88.7 Å². The first kappa shape index (κ1) is 28.9. The largest absolute Gasteiger partial charge is 0.368 e. The summed E-state index contributed by atoms with van der Waals surface area (Å²) in [6.07, 6.45) is 0. The van der Waals surface area contributed by atoms with Crippen LogP contribution in [0.2, 0.25) is 0 Å². The van der Waals surface area contributed by atoms with E-state index >= 15 is 0 Å². The van der Waals surface area contributed by atoms with Gasteiger partial charge in [0.15, 0.2) is 0 Å². The van der Waals surface area contributed by atoms with Gasteiger partial charge in [0.2, 0.25) is 0 Å². The van der Waals surface area contributed by atoms with Crippen LogP contribution in [0.5, 0.6) is 0 Å². The third kappa shape index (κ3) is 6.34. The smallest absolute Gasteiger partial charge is 0.271 e. The second-order valence-electron chi connectivity index (χ2n) is 10.1. The molecule has 2 heterocycles. The molecular formula is C28H27N7O8. The number of nitrogens with zero attached hydrogens (tertiary/aromatic N) is 7. The molecule has 0 bridgehead atoms. The molecule has 2 amide bonds. The van der Waals surface area contributed by atoms with Crippen LogP contribution in [-0.2, 0) is 0 Å². The molecule has 3 aromatic carbocycles. The van der Waals surface area contributed by atoms with E-state index in [0.29, 0.717) is 52.4 Å². The maximum atomic E-state index is 13.4. The van der Waals surface area contributed by atoms with E-state index in [1.807, 2.05) is 9.80 Å². The highest BCUT2D eigenvalue weighted by Gasteiger charge is 2.28. The molecule has 0 spiro atoms. The maximum absolute atomic E-state index is 13.4. The molecule has 0 aliphatic carbocycles. The zero-order valence-electron chi connectivity index (χ0n) is 22.9. The Labute approximate surface area is 245 Å². The lowest BCUT2D eigenvalue weighted by atomic mass is 10.1. The van der Waals surface area contributed by atoms with Crippen molar-refractivity contribution in [3.63, 3.8) is 0 Å². The summed E-state index contributed by atoms with van der Waals surface area (Å²) in [6, 6.07) is 16.0. The Morgan fingerprint density at radius 3 is 1.12 bits per heavy atom. The van der Waals surface area contributed by atoms with E-state index in [0.717, 1.165) is 11.4 Å². The first-order valence-corrected chi connectivity index (χ1v) is 13.5. The quantitative estimate of drug-likeness (QED) is 0.293. The fourth-order valence-electron chi connectivity index (χ4n) is 5.23. The Balaban J connectivity index is 1.24. The van der Waals surface area contributed by atoms with Crippen molar-refractivity contribution >= 4 is 40.3 Å².